The Hall–Kier alpha value is -3.02. The second-order valence-corrected chi connectivity index (χ2v) is 3.93. The van der Waals surface area contributed by atoms with E-state index in [1.165, 1.54) is 0 Å². The standard InChI is InChI=1S/C4H6O4.C4H8O3.C3H4O3.C2H4O2/c5-3(6)1-2-4(7)8;1-2-3(5)4(6)7;1-2(4)3(5)6;1-2(3)4/h1-2H2,(H,5,6)(H,7,8);3,5H,2H2,1H3,(H,6,7);1H3,(H,5,6);1H3,(H,3,4). The zero-order valence-electron chi connectivity index (χ0n) is 13.8. The van der Waals surface area contributed by atoms with Gasteiger partial charge in [0.15, 0.2) is 6.10 Å². The molecule has 12 heteroatoms. The average molecular weight is 370 g/mol. The van der Waals surface area contributed by atoms with Crippen LogP contribution in [0, 0.1) is 0 Å². The first kappa shape index (κ1) is 29.9. The van der Waals surface area contributed by atoms with Crippen LogP contribution in [0.25, 0.3) is 0 Å². The number of carboxylic acid groups (broad SMARTS) is 5. The summed E-state index contributed by atoms with van der Waals surface area (Å²) < 4.78 is 0. The highest BCUT2D eigenvalue weighted by molar-refractivity contribution is 6.31. The topological polar surface area (TPSA) is 224 Å². The van der Waals surface area contributed by atoms with Crippen molar-refractivity contribution in [1.82, 2.24) is 0 Å². The minimum atomic E-state index is -1.38. The van der Waals surface area contributed by atoms with Gasteiger partial charge in [0.1, 0.15) is 0 Å². The number of aliphatic hydroxyl groups is 1. The van der Waals surface area contributed by atoms with Gasteiger partial charge in [-0.3, -0.25) is 19.2 Å². The molecule has 146 valence electrons. The van der Waals surface area contributed by atoms with Gasteiger partial charge in [0.25, 0.3) is 5.97 Å². The van der Waals surface area contributed by atoms with Gasteiger partial charge in [-0.25, -0.2) is 9.59 Å². The predicted molar refractivity (Wildman–Crippen MR) is 80.1 cm³/mol. The fourth-order valence-corrected chi connectivity index (χ4v) is 0.388. The average Bonchev–Trinajstić information content (AvgIpc) is 2.44. The number of carbonyl (C=O) groups excluding carboxylic acids is 1. The van der Waals surface area contributed by atoms with E-state index in [0.717, 1.165) is 13.8 Å². The van der Waals surface area contributed by atoms with Crippen LogP contribution in [-0.4, -0.2) is 72.4 Å². The molecular formula is C13H22O12. The van der Waals surface area contributed by atoms with E-state index in [1.807, 2.05) is 0 Å². The zero-order valence-corrected chi connectivity index (χ0v) is 13.8. The van der Waals surface area contributed by atoms with E-state index in [1.54, 1.807) is 6.92 Å². The largest absolute Gasteiger partial charge is 0.481 e. The summed E-state index contributed by atoms with van der Waals surface area (Å²) in [6, 6.07) is 0. The molecule has 0 bridgehead atoms. The molecule has 0 aliphatic heterocycles. The summed E-state index contributed by atoms with van der Waals surface area (Å²) in [6.45, 7) is 3.70. The molecule has 0 amide bonds. The second kappa shape index (κ2) is 19.0. The zero-order chi connectivity index (χ0) is 21.2. The van der Waals surface area contributed by atoms with E-state index >= 15 is 0 Å². The molecule has 0 saturated carbocycles. The molecule has 0 saturated heterocycles. The number of aliphatic carboxylic acids is 5. The highest BCUT2D eigenvalue weighted by Gasteiger charge is 2.07. The molecule has 1 atom stereocenters. The maximum Gasteiger partial charge on any atom is 0.371 e. The van der Waals surface area contributed by atoms with Gasteiger partial charge in [-0.1, -0.05) is 6.92 Å². The minimum absolute atomic E-state index is 0.273. The van der Waals surface area contributed by atoms with E-state index in [-0.39, 0.29) is 19.3 Å². The predicted octanol–water partition coefficient (Wildman–Crippen LogP) is -0.471. The number of hydrogen-bond acceptors (Lipinski definition) is 7. The highest BCUT2D eigenvalue weighted by Crippen LogP contribution is 1.86. The second-order valence-electron chi connectivity index (χ2n) is 3.93. The number of hydrogen-bond donors (Lipinski definition) is 6. The molecule has 0 aromatic heterocycles. The SMILES string of the molecule is CC(=O)C(=O)O.CC(=O)O.CCC(O)C(=O)O.O=C(O)CCC(=O)O. The quantitative estimate of drug-likeness (QED) is 0.326. The van der Waals surface area contributed by atoms with Crippen LogP contribution in [0.4, 0.5) is 0 Å². The molecule has 0 radical (unpaired) electrons. The van der Waals surface area contributed by atoms with Crippen LogP contribution in [0.15, 0.2) is 0 Å². The number of rotatable bonds is 6. The Bertz CT molecular complexity index is 424. The van der Waals surface area contributed by atoms with Crippen molar-refractivity contribution in [2.75, 3.05) is 0 Å². The fraction of sp³-hybridized carbons (Fsp3) is 0.538. The van der Waals surface area contributed by atoms with Crippen LogP contribution in [0.3, 0.4) is 0 Å². The van der Waals surface area contributed by atoms with Crippen molar-refractivity contribution >= 4 is 35.6 Å². The van der Waals surface area contributed by atoms with Crippen molar-refractivity contribution in [2.45, 2.75) is 46.1 Å². The van der Waals surface area contributed by atoms with E-state index in [2.05, 4.69) is 0 Å². The summed E-state index contributed by atoms with van der Waals surface area (Å²) in [4.78, 5) is 56.9. The maximum absolute atomic E-state index is 9.68. The van der Waals surface area contributed by atoms with Gasteiger partial charge in [-0.2, -0.15) is 0 Å². The number of carbonyl (C=O) groups is 6. The molecule has 0 aliphatic carbocycles. The smallest absolute Gasteiger partial charge is 0.371 e. The lowest BCUT2D eigenvalue weighted by Gasteiger charge is -1.95. The molecule has 1 unspecified atom stereocenters. The molecular weight excluding hydrogens is 348 g/mol. The molecule has 0 aromatic carbocycles. The van der Waals surface area contributed by atoms with Crippen molar-refractivity contribution in [3.63, 3.8) is 0 Å². The lowest BCUT2D eigenvalue weighted by atomic mass is 10.3. The monoisotopic (exact) mass is 370 g/mol. The highest BCUT2D eigenvalue weighted by atomic mass is 16.4. The van der Waals surface area contributed by atoms with Crippen molar-refractivity contribution < 1.29 is 59.4 Å². The summed E-state index contributed by atoms with van der Waals surface area (Å²) in [5.74, 6) is -6.34. The Balaban J connectivity index is -0.000000121. The van der Waals surface area contributed by atoms with Gasteiger partial charge in [0.2, 0.25) is 5.78 Å². The van der Waals surface area contributed by atoms with E-state index in [0.29, 0.717) is 0 Å². The van der Waals surface area contributed by atoms with Crippen LogP contribution in [0.5, 0.6) is 0 Å². The number of ketones is 1. The molecule has 0 fully saturated rings. The van der Waals surface area contributed by atoms with Crippen LogP contribution >= 0.6 is 0 Å². The van der Waals surface area contributed by atoms with Crippen molar-refractivity contribution in [3.05, 3.63) is 0 Å². The molecule has 0 aliphatic rings. The van der Waals surface area contributed by atoms with Crippen LogP contribution in [-0.2, 0) is 28.8 Å². The number of aliphatic hydroxyl groups excluding tert-OH is 1. The Morgan fingerprint density at radius 1 is 0.760 bits per heavy atom. The van der Waals surface area contributed by atoms with Crippen molar-refractivity contribution in [2.24, 2.45) is 0 Å². The van der Waals surface area contributed by atoms with Gasteiger partial charge in [-0.05, 0) is 6.42 Å². The fourth-order valence-electron chi connectivity index (χ4n) is 0.388. The molecule has 0 rings (SSSR count). The van der Waals surface area contributed by atoms with Crippen LogP contribution in [0.2, 0.25) is 0 Å². The number of carboxylic acids is 5. The summed E-state index contributed by atoms with van der Waals surface area (Å²) in [7, 11) is 0. The van der Waals surface area contributed by atoms with Gasteiger partial charge in [0.05, 0.1) is 12.8 Å². The van der Waals surface area contributed by atoms with Gasteiger partial charge in [0, 0.05) is 13.8 Å². The maximum atomic E-state index is 9.68. The molecule has 12 nitrogen and oxygen atoms in total. The third-order valence-corrected chi connectivity index (χ3v) is 1.53. The van der Waals surface area contributed by atoms with Gasteiger partial charge >= 0.3 is 23.9 Å². The first-order chi connectivity index (χ1) is 11.2. The normalized spacial score (nSPS) is 9.28. The molecule has 6 N–H and O–H groups in total. The van der Waals surface area contributed by atoms with Crippen molar-refractivity contribution in [3.8, 4) is 0 Å². The summed E-state index contributed by atoms with van der Waals surface area (Å²) in [5.41, 5.74) is 0. The lowest BCUT2D eigenvalue weighted by Crippen LogP contribution is -2.17. The molecule has 0 heterocycles. The molecule has 25 heavy (non-hydrogen) atoms. The van der Waals surface area contributed by atoms with Crippen LogP contribution in [0.1, 0.15) is 40.0 Å². The Morgan fingerprint density at radius 2 is 1.00 bits per heavy atom. The molecule has 0 aromatic rings. The Kier molecular flexibility index (Phi) is 22.8. The first-order valence-electron chi connectivity index (χ1n) is 6.46. The van der Waals surface area contributed by atoms with E-state index in [9.17, 15) is 24.0 Å². The molecule has 0 spiro atoms. The third-order valence-electron chi connectivity index (χ3n) is 1.53. The third kappa shape index (κ3) is 52.7. The number of Topliss-reactive ketones (excluding diaryl/α,β-unsaturated/α-hetero) is 1. The first-order valence-corrected chi connectivity index (χ1v) is 6.46. The van der Waals surface area contributed by atoms with Gasteiger partial charge < -0.3 is 30.6 Å². The Morgan fingerprint density at radius 3 is 1.04 bits per heavy atom. The Labute approximate surface area is 142 Å². The van der Waals surface area contributed by atoms with E-state index in [4.69, 9.17) is 35.4 Å². The van der Waals surface area contributed by atoms with Crippen molar-refractivity contribution in [1.29, 1.82) is 0 Å². The minimum Gasteiger partial charge on any atom is -0.481 e. The summed E-state index contributed by atoms with van der Waals surface area (Å²) >= 11 is 0. The van der Waals surface area contributed by atoms with E-state index < -0.39 is 41.7 Å². The summed E-state index contributed by atoms with van der Waals surface area (Å²) in [6.07, 6.45) is -1.50. The van der Waals surface area contributed by atoms with Gasteiger partial charge in [-0.15, -0.1) is 0 Å². The lowest BCUT2D eigenvalue weighted by molar-refractivity contribution is -0.148. The van der Waals surface area contributed by atoms with Crippen LogP contribution < -0.4 is 0 Å². The summed E-state index contributed by atoms with van der Waals surface area (Å²) in [5, 5.41) is 47.1.